The standard InChI is InChI=1S/C28H26F5N3O5/c1-15-10-11-35(14-22(30)31)26(38)23(15)36-13-20(19-9-8-18(40-3)12-21(19)29)24(27(36)39)34(2)25(37)16-4-6-17(7-5-16)41-28(32)33/h4-12,20,22,24,28H,13-14H2,1-3H3/t20-,24?/m0/s1. The van der Waals surface area contributed by atoms with Crippen LogP contribution in [0, 0.1) is 12.7 Å². The summed E-state index contributed by atoms with van der Waals surface area (Å²) in [5, 5.41) is 0. The van der Waals surface area contributed by atoms with Crippen molar-refractivity contribution in [3.8, 4) is 11.5 Å². The minimum atomic E-state index is -3.06. The molecule has 3 aromatic rings. The van der Waals surface area contributed by atoms with E-state index in [-0.39, 0.29) is 34.9 Å². The number of pyridine rings is 1. The van der Waals surface area contributed by atoms with Crippen molar-refractivity contribution in [2.45, 2.75) is 38.5 Å². The molecular weight excluding hydrogens is 553 g/mol. The van der Waals surface area contributed by atoms with Gasteiger partial charge in [0.25, 0.3) is 23.8 Å². The number of nitrogens with zero attached hydrogens (tertiary/aromatic N) is 3. The van der Waals surface area contributed by atoms with E-state index in [1.54, 1.807) is 0 Å². The van der Waals surface area contributed by atoms with Crippen molar-refractivity contribution in [2.75, 3.05) is 25.6 Å². The number of ether oxygens (including phenoxy) is 2. The molecule has 0 N–H and O–H groups in total. The van der Waals surface area contributed by atoms with Crippen LogP contribution in [-0.2, 0) is 11.3 Å². The number of aromatic nitrogens is 1. The predicted octanol–water partition coefficient (Wildman–Crippen LogP) is 4.44. The number of likely N-dealkylation sites (N-methyl/N-ethyl adjacent to an activating group) is 1. The maximum atomic E-state index is 15.3. The Balaban J connectivity index is 1.77. The summed E-state index contributed by atoms with van der Waals surface area (Å²) in [6, 6.07) is 8.91. The third kappa shape index (κ3) is 6.03. The summed E-state index contributed by atoms with van der Waals surface area (Å²) in [5.74, 6) is -3.08. The Hall–Kier alpha value is -4.42. The molecule has 1 unspecified atom stereocenters. The van der Waals surface area contributed by atoms with E-state index in [0.29, 0.717) is 5.56 Å². The van der Waals surface area contributed by atoms with E-state index in [0.717, 1.165) is 32.6 Å². The van der Waals surface area contributed by atoms with E-state index in [4.69, 9.17) is 4.74 Å². The summed E-state index contributed by atoms with van der Waals surface area (Å²) in [5.41, 5.74) is -0.573. The van der Waals surface area contributed by atoms with Crippen molar-refractivity contribution in [2.24, 2.45) is 0 Å². The quantitative estimate of drug-likeness (QED) is 0.350. The molecule has 0 saturated carbocycles. The normalized spacial score (nSPS) is 16.9. The zero-order chi connectivity index (χ0) is 30.0. The van der Waals surface area contributed by atoms with E-state index in [1.165, 1.54) is 57.6 Å². The fourth-order valence-corrected chi connectivity index (χ4v) is 4.94. The largest absolute Gasteiger partial charge is 0.497 e. The first-order chi connectivity index (χ1) is 19.4. The van der Waals surface area contributed by atoms with Gasteiger partial charge in [0.2, 0.25) is 0 Å². The van der Waals surface area contributed by atoms with E-state index >= 15 is 4.39 Å². The Bertz CT molecular complexity index is 1500. The van der Waals surface area contributed by atoms with Gasteiger partial charge < -0.3 is 23.8 Å². The molecule has 0 bridgehead atoms. The molecule has 0 radical (unpaired) electrons. The number of rotatable bonds is 9. The molecule has 4 rings (SSSR count). The van der Waals surface area contributed by atoms with Crippen LogP contribution < -0.4 is 19.9 Å². The third-order valence-corrected chi connectivity index (χ3v) is 6.90. The molecule has 1 aliphatic rings. The summed E-state index contributed by atoms with van der Waals surface area (Å²) in [7, 11) is 2.67. The molecule has 2 atom stereocenters. The maximum Gasteiger partial charge on any atom is 0.387 e. The molecule has 0 spiro atoms. The number of hydrogen-bond donors (Lipinski definition) is 0. The first kappa shape index (κ1) is 29.6. The van der Waals surface area contributed by atoms with Crippen LogP contribution >= 0.6 is 0 Å². The second-order valence-electron chi connectivity index (χ2n) is 9.40. The number of anilines is 1. The van der Waals surface area contributed by atoms with Crippen LogP contribution in [0.1, 0.15) is 27.4 Å². The lowest BCUT2D eigenvalue weighted by molar-refractivity contribution is -0.120. The third-order valence-electron chi connectivity index (χ3n) is 6.90. The molecule has 1 aromatic heterocycles. The van der Waals surface area contributed by atoms with Crippen molar-refractivity contribution in [3.63, 3.8) is 0 Å². The van der Waals surface area contributed by atoms with Crippen molar-refractivity contribution in [1.82, 2.24) is 9.47 Å². The molecule has 218 valence electrons. The molecule has 2 aromatic carbocycles. The van der Waals surface area contributed by atoms with Gasteiger partial charge in [-0.3, -0.25) is 14.4 Å². The zero-order valence-electron chi connectivity index (χ0n) is 22.2. The molecule has 1 aliphatic heterocycles. The summed E-state index contributed by atoms with van der Waals surface area (Å²) in [6.45, 7) is -2.66. The number of benzene rings is 2. The monoisotopic (exact) mass is 579 g/mol. The van der Waals surface area contributed by atoms with E-state index in [9.17, 15) is 31.9 Å². The number of aryl methyl sites for hydroxylation is 1. The first-order valence-corrected chi connectivity index (χ1v) is 12.4. The lowest BCUT2D eigenvalue weighted by Gasteiger charge is -2.28. The Kier molecular flexibility index (Phi) is 8.64. The Morgan fingerprint density at radius 1 is 1.05 bits per heavy atom. The number of hydrogen-bond acceptors (Lipinski definition) is 5. The minimum absolute atomic E-state index is 0.0319. The van der Waals surface area contributed by atoms with Crippen molar-refractivity contribution in [3.05, 3.63) is 87.6 Å². The zero-order valence-corrected chi connectivity index (χ0v) is 22.2. The van der Waals surface area contributed by atoms with E-state index in [1.807, 2.05) is 0 Å². The van der Waals surface area contributed by atoms with Gasteiger partial charge in [0.15, 0.2) is 0 Å². The van der Waals surface area contributed by atoms with Crippen LogP contribution in [0.2, 0.25) is 0 Å². The Morgan fingerprint density at radius 3 is 2.29 bits per heavy atom. The van der Waals surface area contributed by atoms with Gasteiger partial charge >= 0.3 is 6.61 Å². The predicted molar refractivity (Wildman–Crippen MR) is 138 cm³/mol. The van der Waals surface area contributed by atoms with Crippen molar-refractivity contribution in [1.29, 1.82) is 0 Å². The second kappa shape index (κ2) is 12.0. The minimum Gasteiger partial charge on any atom is -0.497 e. The van der Waals surface area contributed by atoms with Gasteiger partial charge in [0.1, 0.15) is 29.0 Å². The average Bonchev–Trinajstić information content (AvgIpc) is 3.25. The fraction of sp³-hybridized carbons (Fsp3) is 0.321. The van der Waals surface area contributed by atoms with Crippen LogP contribution in [0.3, 0.4) is 0 Å². The second-order valence-corrected chi connectivity index (χ2v) is 9.40. The highest BCUT2D eigenvalue weighted by atomic mass is 19.3. The number of halogens is 5. The number of carbonyl (C=O) groups is 2. The van der Waals surface area contributed by atoms with Crippen LogP contribution in [0.5, 0.6) is 11.5 Å². The number of alkyl halides is 4. The smallest absolute Gasteiger partial charge is 0.387 e. The fourth-order valence-electron chi connectivity index (χ4n) is 4.94. The highest BCUT2D eigenvalue weighted by molar-refractivity contribution is 6.05. The van der Waals surface area contributed by atoms with Crippen LogP contribution in [0.25, 0.3) is 0 Å². The van der Waals surface area contributed by atoms with E-state index < -0.39 is 54.7 Å². The topological polar surface area (TPSA) is 81.1 Å². The van der Waals surface area contributed by atoms with E-state index in [2.05, 4.69) is 4.74 Å². The molecule has 2 heterocycles. The van der Waals surface area contributed by atoms with Gasteiger partial charge in [-0.25, -0.2) is 13.2 Å². The SMILES string of the molecule is COc1ccc([C@@H]2CN(c3c(C)ccn(CC(F)F)c3=O)C(=O)C2N(C)C(=O)c2ccc(OC(F)F)cc2)c(F)c1. The van der Waals surface area contributed by atoms with Crippen molar-refractivity contribution >= 4 is 17.5 Å². The molecule has 41 heavy (non-hydrogen) atoms. The van der Waals surface area contributed by atoms with Gasteiger partial charge in [0, 0.05) is 37.3 Å². The number of carbonyl (C=O) groups excluding carboxylic acids is 2. The maximum absolute atomic E-state index is 15.3. The highest BCUT2D eigenvalue weighted by Gasteiger charge is 2.47. The first-order valence-electron chi connectivity index (χ1n) is 12.4. The molecule has 0 aliphatic carbocycles. The Labute approximate surface area is 231 Å². The summed E-state index contributed by atoms with van der Waals surface area (Å²) in [4.78, 5) is 42.7. The molecule has 1 saturated heterocycles. The van der Waals surface area contributed by atoms with Gasteiger partial charge in [-0.05, 0) is 54.4 Å². The van der Waals surface area contributed by atoms with Crippen molar-refractivity contribution < 1.29 is 41.0 Å². The summed E-state index contributed by atoms with van der Waals surface area (Å²) >= 11 is 0. The lowest BCUT2D eigenvalue weighted by atomic mass is 9.92. The summed E-state index contributed by atoms with van der Waals surface area (Å²) < 4.78 is 76.7. The average molecular weight is 580 g/mol. The Morgan fingerprint density at radius 2 is 1.71 bits per heavy atom. The molecule has 1 fully saturated rings. The van der Waals surface area contributed by atoms with Crippen LogP contribution in [0.15, 0.2) is 59.5 Å². The van der Waals surface area contributed by atoms with Gasteiger partial charge in [0.05, 0.1) is 13.7 Å². The highest BCUT2D eigenvalue weighted by Crippen LogP contribution is 2.37. The van der Waals surface area contributed by atoms with Crippen LogP contribution in [0.4, 0.5) is 27.6 Å². The van der Waals surface area contributed by atoms with Gasteiger partial charge in [-0.2, -0.15) is 8.78 Å². The lowest BCUT2D eigenvalue weighted by Crippen LogP contribution is -2.46. The van der Waals surface area contributed by atoms with Gasteiger partial charge in [-0.1, -0.05) is 6.07 Å². The molecule has 13 heteroatoms. The molecular formula is C28H26F5N3O5. The molecule has 2 amide bonds. The van der Waals surface area contributed by atoms with Gasteiger partial charge in [-0.15, -0.1) is 0 Å². The number of amides is 2. The summed E-state index contributed by atoms with van der Waals surface area (Å²) in [6.07, 6.45) is -1.63. The molecule has 8 nitrogen and oxygen atoms in total. The number of methoxy groups -OCH3 is 1. The van der Waals surface area contributed by atoms with Crippen LogP contribution in [-0.4, -0.2) is 61.1 Å².